The molecule has 2 rings (SSSR count). The number of nitrogens with zero attached hydrogens (tertiary/aromatic N) is 1. The molecule has 1 saturated heterocycles. The lowest BCUT2D eigenvalue weighted by Gasteiger charge is -2.21. The van der Waals surface area contributed by atoms with E-state index < -0.39 is 6.10 Å². The Morgan fingerprint density at radius 2 is 2.33 bits per heavy atom. The van der Waals surface area contributed by atoms with Gasteiger partial charge in [-0.25, -0.2) is 0 Å². The van der Waals surface area contributed by atoms with Gasteiger partial charge >= 0.3 is 0 Å². The van der Waals surface area contributed by atoms with E-state index in [0.717, 1.165) is 22.9 Å². The van der Waals surface area contributed by atoms with Gasteiger partial charge in [-0.15, -0.1) is 0 Å². The highest BCUT2D eigenvalue weighted by molar-refractivity contribution is 6.31. The molecule has 1 aliphatic rings. The Labute approximate surface area is 132 Å². The lowest BCUT2D eigenvalue weighted by molar-refractivity contribution is 0.105. The molecule has 2 unspecified atom stereocenters. The van der Waals surface area contributed by atoms with Crippen LogP contribution in [-0.4, -0.2) is 55.4 Å². The monoisotopic (exact) mass is 312 g/mol. The third kappa shape index (κ3) is 5.15. The molecule has 1 heterocycles. The van der Waals surface area contributed by atoms with Gasteiger partial charge in [0.1, 0.15) is 18.5 Å². The summed E-state index contributed by atoms with van der Waals surface area (Å²) in [6.45, 7) is 4.87. The Balaban J connectivity index is 1.65. The van der Waals surface area contributed by atoms with Crippen molar-refractivity contribution in [1.29, 1.82) is 0 Å². The number of benzene rings is 1. The molecule has 0 bridgehead atoms. The van der Waals surface area contributed by atoms with Gasteiger partial charge in [-0.2, -0.15) is 0 Å². The number of aliphatic hydroxyl groups excluding tert-OH is 1. The quantitative estimate of drug-likeness (QED) is 0.809. The van der Waals surface area contributed by atoms with Gasteiger partial charge in [0, 0.05) is 24.2 Å². The highest BCUT2D eigenvalue weighted by atomic mass is 35.5. The summed E-state index contributed by atoms with van der Waals surface area (Å²) in [5, 5.41) is 14.0. The number of likely N-dealkylation sites (N-methyl/N-ethyl adjacent to an activating group) is 1. The van der Waals surface area contributed by atoms with Crippen LogP contribution >= 0.6 is 11.6 Å². The summed E-state index contributed by atoms with van der Waals surface area (Å²) < 4.78 is 5.59. The number of aryl methyl sites for hydroxylation is 1. The van der Waals surface area contributed by atoms with Crippen molar-refractivity contribution in [3.8, 4) is 5.75 Å². The highest BCUT2D eigenvalue weighted by Gasteiger charge is 2.20. The molecule has 1 fully saturated rings. The summed E-state index contributed by atoms with van der Waals surface area (Å²) >= 11 is 5.97. The number of ether oxygens (including phenoxy) is 1. The first-order valence-electron chi connectivity index (χ1n) is 7.54. The van der Waals surface area contributed by atoms with Gasteiger partial charge in [-0.05, 0) is 57.1 Å². The Morgan fingerprint density at radius 3 is 3.00 bits per heavy atom. The molecule has 5 heteroatoms. The molecule has 0 aliphatic carbocycles. The zero-order valence-corrected chi connectivity index (χ0v) is 13.6. The maximum absolute atomic E-state index is 9.95. The standard InChI is InChI=1S/C16H25ClN2O2/c1-12-8-15(5-6-16(12)17)21-11-14(20)10-18-9-13-4-3-7-19(13)2/h5-6,8,13-14,18,20H,3-4,7,9-11H2,1-2H3. The minimum atomic E-state index is -0.507. The first-order chi connectivity index (χ1) is 10.1. The van der Waals surface area contributed by atoms with Gasteiger partial charge in [0.2, 0.25) is 0 Å². The maximum Gasteiger partial charge on any atom is 0.119 e. The van der Waals surface area contributed by atoms with Crippen LogP contribution in [0.5, 0.6) is 5.75 Å². The van der Waals surface area contributed by atoms with Crippen LogP contribution in [0.25, 0.3) is 0 Å². The summed E-state index contributed by atoms with van der Waals surface area (Å²) in [5.74, 6) is 0.742. The van der Waals surface area contributed by atoms with E-state index >= 15 is 0 Å². The second-order valence-corrected chi connectivity index (χ2v) is 6.22. The van der Waals surface area contributed by atoms with E-state index in [9.17, 15) is 5.11 Å². The van der Waals surface area contributed by atoms with Crippen molar-refractivity contribution in [3.63, 3.8) is 0 Å². The molecule has 1 aromatic carbocycles. The molecule has 0 saturated carbocycles. The van der Waals surface area contributed by atoms with Crippen molar-refractivity contribution in [2.45, 2.75) is 31.9 Å². The van der Waals surface area contributed by atoms with E-state index in [4.69, 9.17) is 16.3 Å². The lowest BCUT2D eigenvalue weighted by atomic mass is 10.2. The van der Waals surface area contributed by atoms with Gasteiger partial charge in [0.05, 0.1) is 0 Å². The zero-order chi connectivity index (χ0) is 15.2. The van der Waals surface area contributed by atoms with Gasteiger partial charge in [-0.1, -0.05) is 11.6 Å². The molecule has 21 heavy (non-hydrogen) atoms. The normalized spacial score (nSPS) is 20.7. The number of rotatable bonds is 7. The van der Waals surface area contributed by atoms with E-state index in [1.807, 2.05) is 25.1 Å². The Bertz CT molecular complexity index is 456. The third-order valence-corrected chi connectivity index (χ3v) is 4.43. The van der Waals surface area contributed by atoms with Crippen LogP contribution in [0.15, 0.2) is 18.2 Å². The molecular weight excluding hydrogens is 288 g/mol. The number of hydrogen-bond donors (Lipinski definition) is 2. The van der Waals surface area contributed by atoms with E-state index in [0.29, 0.717) is 12.6 Å². The zero-order valence-electron chi connectivity index (χ0n) is 12.8. The summed E-state index contributed by atoms with van der Waals surface area (Å²) in [5.41, 5.74) is 0.978. The fourth-order valence-electron chi connectivity index (χ4n) is 2.61. The third-order valence-electron chi connectivity index (χ3n) is 4.00. The maximum atomic E-state index is 9.95. The predicted octanol–water partition coefficient (Wildman–Crippen LogP) is 2.07. The van der Waals surface area contributed by atoms with Crippen LogP contribution in [0.3, 0.4) is 0 Å². The number of hydrogen-bond acceptors (Lipinski definition) is 4. The van der Waals surface area contributed by atoms with Gasteiger partial charge in [0.25, 0.3) is 0 Å². The highest BCUT2D eigenvalue weighted by Crippen LogP contribution is 2.21. The Kier molecular flexibility index (Phi) is 6.30. The van der Waals surface area contributed by atoms with Gasteiger partial charge in [0.15, 0.2) is 0 Å². The van der Waals surface area contributed by atoms with Crippen LogP contribution in [0.2, 0.25) is 5.02 Å². The molecule has 118 valence electrons. The Hall–Kier alpha value is -0.810. The fraction of sp³-hybridized carbons (Fsp3) is 0.625. The van der Waals surface area contributed by atoms with E-state index in [-0.39, 0.29) is 6.61 Å². The molecule has 1 aliphatic heterocycles. The van der Waals surface area contributed by atoms with E-state index in [1.54, 1.807) is 0 Å². The molecule has 0 amide bonds. The van der Waals surface area contributed by atoms with Crippen LogP contribution in [0.1, 0.15) is 18.4 Å². The summed E-state index contributed by atoms with van der Waals surface area (Å²) in [4.78, 5) is 2.37. The van der Waals surface area contributed by atoms with E-state index in [2.05, 4.69) is 17.3 Å². The number of likely N-dealkylation sites (tertiary alicyclic amines) is 1. The second-order valence-electron chi connectivity index (χ2n) is 5.81. The van der Waals surface area contributed by atoms with Crippen molar-refractivity contribution in [1.82, 2.24) is 10.2 Å². The van der Waals surface area contributed by atoms with Crippen molar-refractivity contribution in [2.24, 2.45) is 0 Å². The number of halogens is 1. The second kappa shape index (κ2) is 7.99. The smallest absolute Gasteiger partial charge is 0.119 e. The Morgan fingerprint density at radius 1 is 1.52 bits per heavy atom. The first kappa shape index (κ1) is 16.6. The average molecular weight is 313 g/mol. The van der Waals surface area contributed by atoms with Crippen LogP contribution in [0.4, 0.5) is 0 Å². The minimum Gasteiger partial charge on any atom is -0.491 e. The lowest BCUT2D eigenvalue weighted by Crippen LogP contribution is -2.39. The molecule has 0 radical (unpaired) electrons. The topological polar surface area (TPSA) is 44.7 Å². The number of nitrogens with one attached hydrogen (secondary N) is 1. The van der Waals surface area contributed by atoms with Crippen LogP contribution in [0, 0.1) is 6.92 Å². The van der Waals surface area contributed by atoms with Crippen molar-refractivity contribution < 1.29 is 9.84 Å². The van der Waals surface area contributed by atoms with Gasteiger partial charge in [-0.3, -0.25) is 0 Å². The predicted molar refractivity (Wildman–Crippen MR) is 86.2 cm³/mol. The first-order valence-corrected chi connectivity index (χ1v) is 7.92. The number of aliphatic hydroxyl groups is 1. The SMILES string of the molecule is Cc1cc(OCC(O)CNCC2CCCN2C)ccc1Cl. The fourth-order valence-corrected chi connectivity index (χ4v) is 2.73. The molecule has 0 aromatic heterocycles. The summed E-state index contributed by atoms with van der Waals surface area (Å²) in [6.07, 6.45) is 2.00. The van der Waals surface area contributed by atoms with Crippen LogP contribution < -0.4 is 10.1 Å². The average Bonchev–Trinajstić information content (AvgIpc) is 2.86. The van der Waals surface area contributed by atoms with Crippen LogP contribution in [-0.2, 0) is 0 Å². The molecule has 2 N–H and O–H groups in total. The summed E-state index contributed by atoms with van der Waals surface area (Å²) in [6, 6.07) is 6.11. The molecule has 4 nitrogen and oxygen atoms in total. The van der Waals surface area contributed by atoms with Crippen molar-refractivity contribution in [3.05, 3.63) is 28.8 Å². The molecular formula is C16H25ClN2O2. The van der Waals surface area contributed by atoms with E-state index in [1.165, 1.54) is 19.4 Å². The van der Waals surface area contributed by atoms with Crippen molar-refractivity contribution >= 4 is 11.6 Å². The minimum absolute atomic E-state index is 0.286. The largest absolute Gasteiger partial charge is 0.491 e. The molecule has 2 atom stereocenters. The summed E-state index contributed by atoms with van der Waals surface area (Å²) in [7, 11) is 2.15. The van der Waals surface area contributed by atoms with Crippen molar-refractivity contribution in [2.75, 3.05) is 33.3 Å². The molecule has 1 aromatic rings. The van der Waals surface area contributed by atoms with Gasteiger partial charge < -0.3 is 20.1 Å². The molecule has 0 spiro atoms.